The highest BCUT2D eigenvalue weighted by Crippen LogP contribution is 2.12. The average molecular weight is 352 g/mol. The van der Waals surface area contributed by atoms with Gasteiger partial charge in [-0.1, -0.05) is 13.3 Å². The van der Waals surface area contributed by atoms with Crippen molar-refractivity contribution in [3.8, 4) is 0 Å². The van der Waals surface area contributed by atoms with Crippen molar-refractivity contribution in [2.24, 2.45) is 4.99 Å². The molecule has 0 bridgehead atoms. The van der Waals surface area contributed by atoms with Crippen molar-refractivity contribution in [1.82, 2.24) is 15.5 Å². The summed E-state index contributed by atoms with van der Waals surface area (Å²) >= 11 is 0. The lowest BCUT2D eigenvalue weighted by atomic mass is 10.0. The molecular formula is C19H30F2N4. The fraction of sp³-hybridized carbons (Fsp3) is 0.632. The maximum Gasteiger partial charge on any atom is 0.191 e. The highest BCUT2D eigenvalue weighted by atomic mass is 19.1. The van der Waals surface area contributed by atoms with Crippen LogP contribution in [0.2, 0.25) is 0 Å². The Morgan fingerprint density at radius 2 is 2.00 bits per heavy atom. The van der Waals surface area contributed by atoms with Crippen LogP contribution in [0, 0.1) is 11.6 Å². The molecule has 1 aliphatic heterocycles. The second-order valence-electron chi connectivity index (χ2n) is 6.54. The minimum atomic E-state index is -0.441. The molecule has 140 valence electrons. The Bertz CT molecular complexity index is 554. The molecule has 1 aliphatic rings. The number of benzene rings is 1. The molecule has 0 saturated carbocycles. The van der Waals surface area contributed by atoms with Gasteiger partial charge in [-0.25, -0.2) is 13.8 Å². The number of nitrogens with one attached hydrogen (secondary N) is 2. The summed E-state index contributed by atoms with van der Waals surface area (Å²) in [5.41, 5.74) is 0.270. The molecule has 1 saturated heterocycles. The van der Waals surface area contributed by atoms with Crippen LogP contribution in [0.3, 0.4) is 0 Å². The number of guanidine groups is 1. The summed E-state index contributed by atoms with van der Waals surface area (Å²) < 4.78 is 27.0. The highest BCUT2D eigenvalue weighted by molar-refractivity contribution is 5.80. The van der Waals surface area contributed by atoms with Gasteiger partial charge in [-0.15, -0.1) is 0 Å². The van der Waals surface area contributed by atoms with Crippen molar-refractivity contribution in [2.45, 2.75) is 52.1 Å². The Balaban J connectivity index is 1.89. The zero-order chi connectivity index (χ0) is 18.1. The number of hydrogen-bond donors (Lipinski definition) is 2. The predicted octanol–water partition coefficient (Wildman–Crippen LogP) is 3.28. The second kappa shape index (κ2) is 10.3. The molecule has 1 fully saturated rings. The fourth-order valence-electron chi connectivity index (χ4n) is 3.02. The van der Waals surface area contributed by atoms with Gasteiger partial charge in [0.05, 0.1) is 6.54 Å². The summed E-state index contributed by atoms with van der Waals surface area (Å²) in [5, 5.41) is 6.62. The number of rotatable bonds is 7. The number of unbranched alkanes of at least 4 members (excludes halogenated alkanes) is 1. The topological polar surface area (TPSA) is 39.7 Å². The first-order valence-electron chi connectivity index (χ1n) is 9.33. The lowest BCUT2D eigenvalue weighted by Gasteiger charge is -2.33. The third-order valence-electron chi connectivity index (χ3n) is 4.52. The quantitative estimate of drug-likeness (QED) is 0.584. The van der Waals surface area contributed by atoms with E-state index in [1.54, 1.807) is 0 Å². The molecule has 25 heavy (non-hydrogen) atoms. The van der Waals surface area contributed by atoms with Crippen molar-refractivity contribution in [2.75, 3.05) is 26.2 Å². The van der Waals surface area contributed by atoms with E-state index in [2.05, 4.69) is 27.4 Å². The van der Waals surface area contributed by atoms with Gasteiger partial charge in [0.15, 0.2) is 5.96 Å². The predicted molar refractivity (Wildman–Crippen MR) is 98.7 cm³/mol. The molecule has 0 amide bonds. The van der Waals surface area contributed by atoms with Crippen LogP contribution >= 0.6 is 0 Å². The van der Waals surface area contributed by atoms with Gasteiger partial charge in [-0.3, -0.25) is 0 Å². The zero-order valence-electron chi connectivity index (χ0n) is 15.3. The van der Waals surface area contributed by atoms with E-state index < -0.39 is 11.6 Å². The number of nitrogens with zero attached hydrogens (tertiary/aromatic N) is 2. The fourth-order valence-corrected chi connectivity index (χ4v) is 3.02. The second-order valence-corrected chi connectivity index (χ2v) is 6.54. The summed E-state index contributed by atoms with van der Waals surface area (Å²) in [6.45, 7) is 8.42. The summed E-state index contributed by atoms with van der Waals surface area (Å²) in [5.74, 6) is -0.201. The van der Waals surface area contributed by atoms with E-state index in [4.69, 9.17) is 0 Å². The van der Waals surface area contributed by atoms with Gasteiger partial charge in [-0.2, -0.15) is 0 Å². The Hall–Kier alpha value is -1.69. The first kappa shape index (κ1) is 19.6. The Labute approximate surface area is 149 Å². The van der Waals surface area contributed by atoms with Gasteiger partial charge < -0.3 is 15.5 Å². The smallest absolute Gasteiger partial charge is 0.191 e. The molecule has 0 aromatic heterocycles. The highest BCUT2D eigenvalue weighted by Gasteiger charge is 2.19. The van der Waals surface area contributed by atoms with Crippen molar-refractivity contribution >= 4 is 5.96 Å². The Morgan fingerprint density at radius 1 is 1.24 bits per heavy atom. The van der Waals surface area contributed by atoms with Crippen LogP contribution in [-0.2, 0) is 6.54 Å². The van der Waals surface area contributed by atoms with Crippen LogP contribution in [0.1, 0.15) is 45.1 Å². The summed E-state index contributed by atoms with van der Waals surface area (Å²) in [4.78, 5) is 6.93. The standard InChI is InChI=1S/C19H30F2N4/c1-3-5-10-25-11-8-17(9-12-25)24-19(22-4-2)23-14-15-13-16(20)6-7-18(15)21/h6-7,13,17H,3-5,8-12,14H2,1-2H3,(H2,22,23,24). The lowest BCUT2D eigenvalue weighted by molar-refractivity contribution is 0.203. The van der Waals surface area contributed by atoms with E-state index in [9.17, 15) is 8.78 Å². The maximum atomic E-state index is 13.7. The minimum Gasteiger partial charge on any atom is -0.357 e. The third-order valence-corrected chi connectivity index (χ3v) is 4.52. The van der Waals surface area contributed by atoms with Gasteiger partial charge in [0.1, 0.15) is 11.6 Å². The van der Waals surface area contributed by atoms with Crippen molar-refractivity contribution in [3.63, 3.8) is 0 Å². The zero-order valence-corrected chi connectivity index (χ0v) is 15.3. The monoisotopic (exact) mass is 352 g/mol. The van der Waals surface area contributed by atoms with Crippen LogP contribution in [-0.4, -0.2) is 43.1 Å². The molecule has 0 radical (unpaired) electrons. The van der Waals surface area contributed by atoms with E-state index in [0.29, 0.717) is 12.0 Å². The van der Waals surface area contributed by atoms with E-state index in [-0.39, 0.29) is 12.1 Å². The van der Waals surface area contributed by atoms with E-state index in [0.717, 1.165) is 44.6 Å². The largest absolute Gasteiger partial charge is 0.357 e. The molecule has 4 nitrogen and oxygen atoms in total. The number of aliphatic imine (C=N–C) groups is 1. The Kier molecular flexibility index (Phi) is 8.12. The first-order valence-corrected chi connectivity index (χ1v) is 9.33. The molecule has 6 heteroatoms. The van der Waals surface area contributed by atoms with Gasteiger partial charge in [0, 0.05) is 31.2 Å². The van der Waals surface area contributed by atoms with Gasteiger partial charge in [0.2, 0.25) is 0 Å². The molecule has 2 N–H and O–H groups in total. The van der Waals surface area contributed by atoms with Crippen LogP contribution in [0.5, 0.6) is 0 Å². The van der Waals surface area contributed by atoms with Crippen LogP contribution in [0.15, 0.2) is 23.2 Å². The van der Waals surface area contributed by atoms with Crippen molar-refractivity contribution < 1.29 is 8.78 Å². The maximum absolute atomic E-state index is 13.7. The lowest BCUT2D eigenvalue weighted by Crippen LogP contribution is -2.48. The summed E-state index contributed by atoms with van der Waals surface area (Å²) in [6.07, 6.45) is 4.62. The summed E-state index contributed by atoms with van der Waals surface area (Å²) in [6, 6.07) is 3.84. The normalized spacial score (nSPS) is 16.9. The molecule has 0 atom stereocenters. The molecule has 1 aromatic carbocycles. The van der Waals surface area contributed by atoms with Crippen LogP contribution in [0.25, 0.3) is 0 Å². The van der Waals surface area contributed by atoms with E-state index in [1.165, 1.54) is 25.5 Å². The van der Waals surface area contributed by atoms with Crippen molar-refractivity contribution in [1.29, 1.82) is 0 Å². The van der Waals surface area contributed by atoms with Gasteiger partial charge >= 0.3 is 0 Å². The number of hydrogen-bond acceptors (Lipinski definition) is 2. The summed E-state index contributed by atoms with van der Waals surface area (Å²) in [7, 11) is 0. The minimum absolute atomic E-state index is 0.119. The average Bonchev–Trinajstić information content (AvgIpc) is 2.62. The number of piperidine rings is 1. The SMILES string of the molecule is CCCCN1CCC(NC(=NCc2cc(F)ccc2F)NCC)CC1. The molecular weight excluding hydrogens is 322 g/mol. The van der Waals surface area contributed by atoms with Gasteiger partial charge in [-0.05, 0) is 50.9 Å². The molecule has 0 unspecified atom stereocenters. The van der Waals surface area contributed by atoms with E-state index in [1.807, 2.05) is 6.92 Å². The van der Waals surface area contributed by atoms with Crippen LogP contribution < -0.4 is 10.6 Å². The molecule has 0 aliphatic carbocycles. The third kappa shape index (κ3) is 6.61. The van der Waals surface area contributed by atoms with Crippen molar-refractivity contribution in [3.05, 3.63) is 35.4 Å². The van der Waals surface area contributed by atoms with Crippen LogP contribution in [0.4, 0.5) is 8.78 Å². The van der Waals surface area contributed by atoms with E-state index >= 15 is 0 Å². The molecule has 1 heterocycles. The first-order chi connectivity index (χ1) is 12.1. The Morgan fingerprint density at radius 3 is 2.68 bits per heavy atom. The number of likely N-dealkylation sites (tertiary alicyclic amines) is 1. The number of halogens is 2. The molecule has 0 spiro atoms. The molecule has 1 aromatic rings. The van der Waals surface area contributed by atoms with Gasteiger partial charge in [0.25, 0.3) is 0 Å². The molecule has 2 rings (SSSR count).